The monoisotopic (exact) mass is 463 g/mol. The Kier molecular flexibility index (Phi) is 6.76. The van der Waals surface area contributed by atoms with Crippen molar-refractivity contribution in [2.45, 2.75) is 19.1 Å². The summed E-state index contributed by atoms with van der Waals surface area (Å²) in [6, 6.07) is 9.50. The van der Waals surface area contributed by atoms with E-state index in [0.29, 0.717) is 35.2 Å². The van der Waals surface area contributed by atoms with Crippen LogP contribution in [0.4, 0.5) is 0 Å². The van der Waals surface area contributed by atoms with Crippen molar-refractivity contribution in [1.82, 2.24) is 4.90 Å². The lowest BCUT2D eigenvalue weighted by atomic mass is 10.1. The molecule has 0 spiro atoms. The molecule has 8 heteroatoms. The summed E-state index contributed by atoms with van der Waals surface area (Å²) in [6.07, 6.45) is 0.423. The highest BCUT2D eigenvalue weighted by molar-refractivity contribution is 9.10. The number of amides is 1. The Morgan fingerprint density at radius 1 is 1.31 bits per heavy atom. The van der Waals surface area contributed by atoms with Crippen LogP contribution < -0.4 is 9.47 Å². The Bertz CT molecular complexity index is 903. The maximum absolute atomic E-state index is 13.3. The van der Waals surface area contributed by atoms with Gasteiger partial charge in [0.05, 0.1) is 41.5 Å². The van der Waals surface area contributed by atoms with Crippen molar-refractivity contribution in [3.63, 3.8) is 0 Å². The summed E-state index contributed by atoms with van der Waals surface area (Å²) in [5, 5.41) is 9.81. The van der Waals surface area contributed by atoms with Gasteiger partial charge in [-0.1, -0.05) is 12.1 Å². The number of carbonyl (C=O) groups is 2. The lowest BCUT2D eigenvalue weighted by molar-refractivity contribution is -0.0539. The van der Waals surface area contributed by atoms with Crippen LogP contribution in [0.25, 0.3) is 0 Å². The summed E-state index contributed by atoms with van der Waals surface area (Å²) >= 11 is 3.44. The van der Waals surface area contributed by atoms with Gasteiger partial charge in [0.15, 0.2) is 6.29 Å². The van der Waals surface area contributed by atoms with Crippen LogP contribution >= 0.6 is 15.9 Å². The van der Waals surface area contributed by atoms with E-state index in [2.05, 4.69) is 15.9 Å². The molecule has 1 fully saturated rings. The normalized spacial score (nSPS) is 18.9. The molecule has 1 amide bonds. The van der Waals surface area contributed by atoms with Gasteiger partial charge in [-0.3, -0.25) is 9.59 Å². The third-order valence-electron chi connectivity index (χ3n) is 4.73. The number of aldehydes is 1. The van der Waals surface area contributed by atoms with Crippen molar-refractivity contribution in [1.29, 1.82) is 0 Å². The van der Waals surface area contributed by atoms with Gasteiger partial charge in [0.2, 0.25) is 0 Å². The number of hydrogen-bond acceptors (Lipinski definition) is 6. The van der Waals surface area contributed by atoms with E-state index < -0.39 is 0 Å². The summed E-state index contributed by atoms with van der Waals surface area (Å²) < 4.78 is 17.4. The van der Waals surface area contributed by atoms with E-state index in [1.165, 1.54) is 6.07 Å². The molecule has 7 nitrogen and oxygen atoms in total. The second-order valence-electron chi connectivity index (χ2n) is 6.69. The molecule has 29 heavy (non-hydrogen) atoms. The SMILES string of the molecule is COc1cccc(C(=O)N2CC(C)OCC2COc2cccc(O)c2C=O)c1Br. The van der Waals surface area contributed by atoms with Crippen LogP contribution in [0, 0.1) is 0 Å². The number of halogens is 1. The topological polar surface area (TPSA) is 85.3 Å². The number of benzene rings is 2. The van der Waals surface area contributed by atoms with Crippen molar-refractivity contribution in [2.75, 3.05) is 26.9 Å². The van der Waals surface area contributed by atoms with E-state index in [0.717, 1.165) is 0 Å². The van der Waals surface area contributed by atoms with Crippen LogP contribution in [0.2, 0.25) is 0 Å². The fraction of sp³-hybridized carbons (Fsp3) is 0.333. The van der Waals surface area contributed by atoms with E-state index in [4.69, 9.17) is 14.2 Å². The molecule has 2 aromatic rings. The third-order valence-corrected chi connectivity index (χ3v) is 5.55. The molecular formula is C21H22BrNO6. The Morgan fingerprint density at radius 3 is 2.76 bits per heavy atom. The van der Waals surface area contributed by atoms with E-state index in [9.17, 15) is 14.7 Å². The van der Waals surface area contributed by atoms with Crippen LogP contribution in [0.1, 0.15) is 27.6 Å². The van der Waals surface area contributed by atoms with Crippen molar-refractivity contribution in [2.24, 2.45) is 0 Å². The smallest absolute Gasteiger partial charge is 0.255 e. The zero-order chi connectivity index (χ0) is 21.0. The molecule has 0 aliphatic carbocycles. The van der Waals surface area contributed by atoms with Gasteiger partial charge >= 0.3 is 0 Å². The summed E-state index contributed by atoms with van der Waals surface area (Å²) in [5.41, 5.74) is 0.556. The molecule has 154 valence electrons. The second-order valence-corrected chi connectivity index (χ2v) is 7.49. The number of morpholine rings is 1. The number of phenolic OH excluding ortho intramolecular Hbond substituents is 1. The molecule has 0 saturated carbocycles. The van der Waals surface area contributed by atoms with E-state index >= 15 is 0 Å². The second kappa shape index (κ2) is 9.28. The maximum Gasteiger partial charge on any atom is 0.255 e. The predicted molar refractivity (Wildman–Crippen MR) is 110 cm³/mol. The van der Waals surface area contributed by atoms with Gasteiger partial charge in [0.1, 0.15) is 23.9 Å². The highest BCUT2D eigenvalue weighted by atomic mass is 79.9. The molecule has 1 heterocycles. The van der Waals surface area contributed by atoms with Gasteiger partial charge in [0, 0.05) is 6.54 Å². The number of aromatic hydroxyl groups is 1. The largest absolute Gasteiger partial charge is 0.507 e. The number of ether oxygens (including phenoxy) is 3. The number of methoxy groups -OCH3 is 1. The average Bonchev–Trinajstić information content (AvgIpc) is 2.72. The maximum atomic E-state index is 13.3. The van der Waals surface area contributed by atoms with E-state index in [-0.39, 0.29) is 41.7 Å². The molecule has 2 aromatic carbocycles. The molecule has 0 radical (unpaired) electrons. The molecule has 0 bridgehead atoms. The molecule has 1 N–H and O–H groups in total. The first kappa shape index (κ1) is 21.1. The van der Waals surface area contributed by atoms with Crippen LogP contribution in [0.3, 0.4) is 0 Å². The number of nitrogens with zero attached hydrogens (tertiary/aromatic N) is 1. The van der Waals surface area contributed by atoms with Gasteiger partial charge in [-0.2, -0.15) is 0 Å². The Morgan fingerprint density at radius 2 is 2.03 bits per heavy atom. The summed E-state index contributed by atoms with van der Waals surface area (Å²) in [5.74, 6) is 0.499. The average molecular weight is 464 g/mol. The zero-order valence-corrected chi connectivity index (χ0v) is 17.7. The number of hydrogen-bond donors (Lipinski definition) is 1. The standard InChI is InChI=1S/C21H22BrNO6/c1-13-9-23(21(26)15-5-3-8-19(27-2)20(15)22)14(11-28-13)12-29-18-7-4-6-17(25)16(18)10-24/h3-8,10,13-14,25H,9,11-12H2,1-2H3. The van der Waals surface area contributed by atoms with Crippen molar-refractivity contribution < 1.29 is 28.9 Å². The first-order valence-corrected chi connectivity index (χ1v) is 9.90. The first-order valence-electron chi connectivity index (χ1n) is 9.11. The Labute approximate surface area is 177 Å². The Balaban J connectivity index is 1.82. The fourth-order valence-electron chi connectivity index (χ4n) is 3.18. The van der Waals surface area contributed by atoms with Gasteiger partial charge in [-0.15, -0.1) is 0 Å². The molecular weight excluding hydrogens is 442 g/mol. The highest BCUT2D eigenvalue weighted by Crippen LogP contribution is 2.31. The molecule has 2 atom stereocenters. The van der Waals surface area contributed by atoms with Gasteiger partial charge in [-0.05, 0) is 47.1 Å². The lowest BCUT2D eigenvalue weighted by Gasteiger charge is -2.38. The molecule has 2 unspecified atom stereocenters. The van der Waals surface area contributed by atoms with Gasteiger partial charge in [0.25, 0.3) is 5.91 Å². The summed E-state index contributed by atoms with van der Waals surface area (Å²) in [7, 11) is 1.54. The van der Waals surface area contributed by atoms with Crippen LogP contribution in [0.5, 0.6) is 17.2 Å². The molecule has 1 saturated heterocycles. The van der Waals surface area contributed by atoms with E-state index in [1.54, 1.807) is 42.3 Å². The van der Waals surface area contributed by atoms with Crippen molar-refractivity contribution in [3.05, 3.63) is 52.0 Å². The minimum Gasteiger partial charge on any atom is -0.507 e. The quantitative estimate of drug-likeness (QED) is 0.661. The summed E-state index contributed by atoms with van der Waals surface area (Å²) in [4.78, 5) is 26.2. The van der Waals surface area contributed by atoms with Crippen molar-refractivity contribution >= 4 is 28.1 Å². The highest BCUT2D eigenvalue weighted by Gasteiger charge is 2.33. The molecule has 1 aliphatic rings. The Hall–Kier alpha value is -2.58. The van der Waals surface area contributed by atoms with Gasteiger partial charge in [-0.25, -0.2) is 0 Å². The molecule has 3 rings (SSSR count). The van der Waals surface area contributed by atoms with Gasteiger partial charge < -0.3 is 24.2 Å². The lowest BCUT2D eigenvalue weighted by Crippen LogP contribution is -2.54. The zero-order valence-electron chi connectivity index (χ0n) is 16.1. The third kappa shape index (κ3) is 4.54. The van der Waals surface area contributed by atoms with E-state index in [1.807, 2.05) is 6.92 Å². The minimum absolute atomic E-state index is 0.0750. The number of phenols is 1. The molecule has 0 aromatic heterocycles. The minimum atomic E-state index is -0.362. The molecule has 1 aliphatic heterocycles. The van der Waals surface area contributed by atoms with Crippen LogP contribution in [-0.4, -0.2) is 61.2 Å². The fourth-order valence-corrected chi connectivity index (χ4v) is 3.78. The summed E-state index contributed by atoms with van der Waals surface area (Å²) in [6.45, 7) is 2.71. The van der Waals surface area contributed by atoms with Crippen LogP contribution in [-0.2, 0) is 4.74 Å². The van der Waals surface area contributed by atoms with Crippen molar-refractivity contribution in [3.8, 4) is 17.2 Å². The predicted octanol–water partition coefficient (Wildman–Crippen LogP) is 3.28. The van der Waals surface area contributed by atoms with Crippen LogP contribution in [0.15, 0.2) is 40.9 Å². The number of rotatable bonds is 6. The first-order chi connectivity index (χ1) is 14.0. The number of carbonyl (C=O) groups excluding carboxylic acids is 2.